The maximum Gasteiger partial charge on any atom is 0.214 e. The molecule has 1 saturated heterocycles. The van der Waals surface area contributed by atoms with Gasteiger partial charge in [0.05, 0.1) is 17.7 Å². The molecule has 1 unspecified atom stereocenters. The fourth-order valence-electron chi connectivity index (χ4n) is 1.86. The molecule has 0 bridgehead atoms. The van der Waals surface area contributed by atoms with Gasteiger partial charge >= 0.3 is 0 Å². The molecule has 98 valence electrons. The quantitative estimate of drug-likeness (QED) is 0.777. The first kappa shape index (κ1) is 14.5. The van der Waals surface area contributed by atoms with E-state index in [1.54, 1.807) is 0 Å². The van der Waals surface area contributed by atoms with E-state index in [0.717, 1.165) is 12.8 Å². The second-order valence-electron chi connectivity index (χ2n) is 5.95. The molecule has 0 aliphatic carbocycles. The Morgan fingerprint density at radius 3 is 2.59 bits per heavy atom. The molecule has 1 fully saturated rings. The van der Waals surface area contributed by atoms with Crippen LogP contribution in [-0.2, 0) is 10.0 Å². The third-order valence-electron chi connectivity index (χ3n) is 3.07. The standard InChI is InChI=1S/C12H22N2O2S/c1-12(2,3)6-8-17(15,16)14-7-4-5-11(9-13)10-14/h11H,4-8,10H2,1-3H3. The summed E-state index contributed by atoms with van der Waals surface area (Å²) in [6, 6.07) is 2.17. The second kappa shape index (κ2) is 5.36. The van der Waals surface area contributed by atoms with Gasteiger partial charge in [-0.25, -0.2) is 12.7 Å². The lowest BCUT2D eigenvalue weighted by Gasteiger charge is -2.29. The van der Waals surface area contributed by atoms with Crippen molar-refractivity contribution in [2.24, 2.45) is 11.3 Å². The van der Waals surface area contributed by atoms with Gasteiger partial charge in [0.1, 0.15) is 0 Å². The fraction of sp³-hybridized carbons (Fsp3) is 0.917. The minimum absolute atomic E-state index is 0.0253. The number of nitriles is 1. The third kappa shape index (κ3) is 4.64. The van der Waals surface area contributed by atoms with E-state index in [9.17, 15) is 8.42 Å². The lowest BCUT2D eigenvalue weighted by atomic mass is 9.94. The van der Waals surface area contributed by atoms with Crippen molar-refractivity contribution in [1.82, 2.24) is 4.31 Å². The van der Waals surface area contributed by atoms with E-state index in [0.29, 0.717) is 19.5 Å². The van der Waals surface area contributed by atoms with Gasteiger partial charge in [0.15, 0.2) is 0 Å². The number of hydrogen-bond acceptors (Lipinski definition) is 3. The normalized spacial score (nSPS) is 23.3. The van der Waals surface area contributed by atoms with Gasteiger partial charge in [-0.05, 0) is 24.7 Å². The summed E-state index contributed by atoms with van der Waals surface area (Å²) in [5.41, 5.74) is 0.0253. The number of hydrogen-bond donors (Lipinski definition) is 0. The molecule has 0 aromatic rings. The van der Waals surface area contributed by atoms with Crippen molar-refractivity contribution in [3.05, 3.63) is 0 Å². The van der Waals surface area contributed by atoms with E-state index in [4.69, 9.17) is 5.26 Å². The van der Waals surface area contributed by atoms with Crippen LogP contribution in [-0.4, -0.2) is 31.6 Å². The van der Waals surface area contributed by atoms with Gasteiger partial charge in [0, 0.05) is 13.1 Å². The molecule has 0 radical (unpaired) electrons. The van der Waals surface area contributed by atoms with Gasteiger partial charge in [0.25, 0.3) is 0 Å². The van der Waals surface area contributed by atoms with Crippen LogP contribution < -0.4 is 0 Å². The molecular formula is C12H22N2O2S. The van der Waals surface area contributed by atoms with Crippen LogP contribution in [0.4, 0.5) is 0 Å². The zero-order chi connectivity index (χ0) is 13.1. The predicted molar refractivity (Wildman–Crippen MR) is 67.8 cm³/mol. The van der Waals surface area contributed by atoms with Crippen LogP contribution in [0.2, 0.25) is 0 Å². The van der Waals surface area contributed by atoms with E-state index in [-0.39, 0.29) is 17.1 Å². The Labute approximate surface area is 105 Å². The van der Waals surface area contributed by atoms with E-state index >= 15 is 0 Å². The van der Waals surface area contributed by atoms with E-state index < -0.39 is 10.0 Å². The Hall–Kier alpha value is -0.600. The molecule has 0 spiro atoms. The number of nitrogens with zero attached hydrogens (tertiary/aromatic N) is 2. The van der Waals surface area contributed by atoms with Gasteiger partial charge in [-0.2, -0.15) is 5.26 Å². The average molecular weight is 258 g/mol. The maximum atomic E-state index is 12.1. The molecule has 0 amide bonds. The number of sulfonamides is 1. The zero-order valence-electron chi connectivity index (χ0n) is 10.9. The molecule has 0 saturated carbocycles. The Balaban J connectivity index is 2.61. The summed E-state index contributed by atoms with van der Waals surface area (Å²) in [5.74, 6) is 0.0578. The highest BCUT2D eigenvalue weighted by Gasteiger charge is 2.29. The largest absolute Gasteiger partial charge is 0.214 e. The first-order valence-corrected chi connectivity index (χ1v) is 7.73. The predicted octanol–water partition coefficient (Wildman–Crippen LogP) is 1.99. The van der Waals surface area contributed by atoms with Crippen molar-refractivity contribution in [3.8, 4) is 6.07 Å². The number of rotatable bonds is 3. The first-order valence-electron chi connectivity index (χ1n) is 6.12. The molecule has 1 rings (SSSR count). The fourth-order valence-corrected chi connectivity index (χ4v) is 3.81. The van der Waals surface area contributed by atoms with Gasteiger partial charge in [-0.3, -0.25) is 0 Å². The Morgan fingerprint density at radius 2 is 2.06 bits per heavy atom. The second-order valence-corrected chi connectivity index (χ2v) is 8.04. The van der Waals surface area contributed by atoms with Crippen LogP contribution in [0.1, 0.15) is 40.0 Å². The SMILES string of the molecule is CC(C)(C)CCS(=O)(=O)N1CCCC(C#N)C1. The average Bonchev–Trinajstić information content (AvgIpc) is 2.26. The van der Waals surface area contributed by atoms with E-state index in [1.165, 1.54) is 4.31 Å². The van der Waals surface area contributed by atoms with Crippen LogP contribution in [0.3, 0.4) is 0 Å². The molecule has 4 nitrogen and oxygen atoms in total. The molecule has 0 aromatic carbocycles. The summed E-state index contributed by atoms with van der Waals surface area (Å²) in [6.45, 7) is 7.07. The highest BCUT2D eigenvalue weighted by Crippen LogP contribution is 2.23. The van der Waals surface area contributed by atoms with Gasteiger partial charge in [-0.15, -0.1) is 0 Å². The van der Waals surface area contributed by atoms with Crippen molar-refractivity contribution >= 4 is 10.0 Å². The van der Waals surface area contributed by atoms with Crippen molar-refractivity contribution in [2.75, 3.05) is 18.8 Å². The van der Waals surface area contributed by atoms with Crippen LogP contribution in [0.15, 0.2) is 0 Å². The molecule has 17 heavy (non-hydrogen) atoms. The summed E-state index contributed by atoms with van der Waals surface area (Å²) in [4.78, 5) is 0. The van der Waals surface area contributed by atoms with Crippen LogP contribution >= 0.6 is 0 Å². The van der Waals surface area contributed by atoms with Crippen LogP contribution in [0.5, 0.6) is 0 Å². The monoisotopic (exact) mass is 258 g/mol. The summed E-state index contributed by atoms with van der Waals surface area (Å²) >= 11 is 0. The summed E-state index contributed by atoms with van der Waals surface area (Å²) < 4.78 is 25.7. The highest BCUT2D eigenvalue weighted by atomic mass is 32.2. The van der Waals surface area contributed by atoms with Gasteiger partial charge in [-0.1, -0.05) is 20.8 Å². The molecule has 1 heterocycles. The summed E-state index contributed by atoms with van der Waals surface area (Å²) in [6.07, 6.45) is 2.28. The minimum Gasteiger partial charge on any atom is -0.212 e. The molecule has 1 aliphatic heterocycles. The lowest BCUT2D eigenvalue weighted by Crippen LogP contribution is -2.41. The molecular weight excluding hydrogens is 236 g/mol. The molecule has 5 heteroatoms. The molecule has 1 aliphatic rings. The third-order valence-corrected chi connectivity index (χ3v) is 4.91. The number of piperidine rings is 1. The van der Waals surface area contributed by atoms with Gasteiger partial charge in [0.2, 0.25) is 10.0 Å². The Morgan fingerprint density at radius 1 is 1.41 bits per heavy atom. The molecule has 0 N–H and O–H groups in total. The first-order chi connectivity index (χ1) is 7.74. The topological polar surface area (TPSA) is 61.2 Å². The lowest BCUT2D eigenvalue weighted by molar-refractivity contribution is 0.301. The van der Waals surface area contributed by atoms with Crippen molar-refractivity contribution in [3.63, 3.8) is 0 Å². The van der Waals surface area contributed by atoms with Gasteiger partial charge < -0.3 is 0 Å². The highest BCUT2D eigenvalue weighted by molar-refractivity contribution is 7.89. The zero-order valence-corrected chi connectivity index (χ0v) is 11.8. The maximum absolute atomic E-state index is 12.1. The molecule has 0 aromatic heterocycles. The van der Waals surface area contributed by atoms with Crippen molar-refractivity contribution in [2.45, 2.75) is 40.0 Å². The molecule has 1 atom stereocenters. The van der Waals surface area contributed by atoms with E-state index in [2.05, 4.69) is 6.07 Å². The Kier molecular flexibility index (Phi) is 4.56. The van der Waals surface area contributed by atoms with Crippen LogP contribution in [0.25, 0.3) is 0 Å². The van der Waals surface area contributed by atoms with Crippen molar-refractivity contribution in [1.29, 1.82) is 5.26 Å². The minimum atomic E-state index is -3.18. The summed E-state index contributed by atoms with van der Waals surface area (Å²) in [5, 5.41) is 8.86. The van der Waals surface area contributed by atoms with Crippen LogP contribution in [0, 0.1) is 22.7 Å². The Bertz CT molecular complexity index is 390. The summed E-state index contributed by atoms with van der Waals surface area (Å²) in [7, 11) is -3.18. The van der Waals surface area contributed by atoms with Crippen molar-refractivity contribution < 1.29 is 8.42 Å². The smallest absolute Gasteiger partial charge is 0.212 e. The van der Waals surface area contributed by atoms with E-state index in [1.807, 2.05) is 20.8 Å².